The Labute approximate surface area is 142 Å². The van der Waals surface area contributed by atoms with Crippen LogP contribution >= 0.6 is 0 Å². The van der Waals surface area contributed by atoms with E-state index in [0.29, 0.717) is 17.9 Å². The van der Waals surface area contributed by atoms with Gasteiger partial charge in [0.2, 0.25) is 0 Å². The zero-order valence-electron chi connectivity index (χ0n) is 14.0. The lowest BCUT2D eigenvalue weighted by Gasteiger charge is -2.19. The maximum absolute atomic E-state index is 12.3. The van der Waals surface area contributed by atoms with Crippen molar-refractivity contribution in [1.29, 1.82) is 0 Å². The maximum Gasteiger partial charge on any atom is 0.251 e. The third kappa shape index (κ3) is 5.08. The number of methoxy groups -OCH3 is 1. The normalized spacial score (nSPS) is 11.8. The number of hydrogen-bond acceptors (Lipinski definition) is 4. The summed E-state index contributed by atoms with van der Waals surface area (Å²) in [5.74, 6) is 0.526. The van der Waals surface area contributed by atoms with Crippen molar-refractivity contribution in [3.8, 4) is 5.75 Å². The van der Waals surface area contributed by atoms with Crippen LogP contribution in [-0.2, 0) is 4.74 Å². The Kier molecular flexibility index (Phi) is 6.78. The average molecular weight is 329 g/mol. The van der Waals surface area contributed by atoms with E-state index in [1.54, 1.807) is 31.4 Å². The molecule has 0 spiro atoms. The fraction of sp³-hybridized carbons (Fsp3) is 0.316. The van der Waals surface area contributed by atoms with Gasteiger partial charge in [-0.05, 0) is 36.8 Å². The molecule has 1 atom stereocenters. The molecule has 0 heterocycles. The number of ether oxygens (including phenoxy) is 2. The summed E-state index contributed by atoms with van der Waals surface area (Å²) in [6.07, 6.45) is -0.306. The van der Waals surface area contributed by atoms with E-state index in [1.807, 2.05) is 31.2 Å². The summed E-state index contributed by atoms with van der Waals surface area (Å²) < 4.78 is 10.7. The molecule has 0 aliphatic heterocycles. The van der Waals surface area contributed by atoms with Crippen LogP contribution in [0, 0.1) is 6.92 Å². The minimum Gasteiger partial charge on any atom is -0.497 e. The van der Waals surface area contributed by atoms with Crippen molar-refractivity contribution in [3.05, 3.63) is 65.2 Å². The Bertz CT molecular complexity index is 637. The number of carbonyl (C=O) groups excluding carboxylic acids is 1. The van der Waals surface area contributed by atoms with Crippen LogP contribution in [0.15, 0.2) is 48.5 Å². The molecule has 0 aliphatic carbocycles. The Hall–Kier alpha value is -2.37. The van der Waals surface area contributed by atoms with Crippen LogP contribution in [0.5, 0.6) is 5.75 Å². The summed E-state index contributed by atoms with van der Waals surface area (Å²) in [5.41, 5.74) is 2.67. The molecule has 2 N–H and O–H groups in total. The van der Waals surface area contributed by atoms with Gasteiger partial charge in [0.05, 0.1) is 26.4 Å². The summed E-state index contributed by atoms with van der Waals surface area (Å²) in [7, 11) is 1.58. The minimum absolute atomic E-state index is 0.0607. The van der Waals surface area contributed by atoms with Crippen molar-refractivity contribution < 1.29 is 19.4 Å². The average Bonchev–Trinajstić information content (AvgIpc) is 2.62. The van der Waals surface area contributed by atoms with Crippen molar-refractivity contribution in [2.24, 2.45) is 0 Å². The van der Waals surface area contributed by atoms with Gasteiger partial charge in [0.15, 0.2) is 0 Å². The molecule has 0 radical (unpaired) electrons. The number of amides is 1. The van der Waals surface area contributed by atoms with Crippen LogP contribution in [0.2, 0.25) is 0 Å². The SMILES string of the molecule is COc1ccc(C(=O)NCC(OCCO)c2ccc(C)cc2)cc1. The molecule has 2 aromatic carbocycles. The van der Waals surface area contributed by atoms with Gasteiger partial charge in [-0.1, -0.05) is 29.8 Å². The molecule has 2 rings (SSSR count). The molecular weight excluding hydrogens is 306 g/mol. The first-order chi connectivity index (χ1) is 11.6. The molecule has 0 fully saturated rings. The predicted molar refractivity (Wildman–Crippen MR) is 92.3 cm³/mol. The molecule has 128 valence electrons. The van der Waals surface area contributed by atoms with E-state index in [9.17, 15) is 4.79 Å². The van der Waals surface area contributed by atoms with Gasteiger partial charge in [-0.3, -0.25) is 4.79 Å². The highest BCUT2D eigenvalue weighted by molar-refractivity contribution is 5.94. The van der Waals surface area contributed by atoms with Gasteiger partial charge in [-0.2, -0.15) is 0 Å². The fourth-order valence-corrected chi connectivity index (χ4v) is 2.28. The molecule has 1 unspecified atom stereocenters. The molecular formula is C19H23NO4. The lowest BCUT2D eigenvalue weighted by Crippen LogP contribution is -2.30. The monoisotopic (exact) mass is 329 g/mol. The van der Waals surface area contributed by atoms with E-state index in [4.69, 9.17) is 14.6 Å². The molecule has 0 aromatic heterocycles. The lowest BCUT2D eigenvalue weighted by molar-refractivity contribution is 0.0277. The van der Waals surface area contributed by atoms with Gasteiger partial charge >= 0.3 is 0 Å². The van der Waals surface area contributed by atoms with Gasteiger partial charge in [0, 0.05) is 12.1 Å². The standard InChI is InChI=1S/C19H23NO4/c1-14-3-5-15(6-4-14)18(24-12-11-21)13-20-19(22)16-7-9-17(23-2)10-8-16/h3-10,18,21H,11-13H2,1-2H3,(H,20,22). The smallest absolute Gasteiger partial charge is 0.251 e. The second-order valence-electron chi connectivity index (χ2n) is 5.43. The van der Waals surface area contributed by atoms with E-state index >= 15 is 0 Å². The first-order valence-corrected chi connectivity index (χ1v) is 7.85. The molecule has 0 saturated carbocycles. The van der Waals surface area contributed by atoms with Crippen molar-refractivity contribution >= 4 is 5.91 Å². The number of aliphatic hydroxyl groups excluding tert-OH is 1. The number of carbonyl (C=O) groups is 1. The van der Waals surface area contributed by atoms with Crippen LogP contribution in [0.3, 0.4) is 0 Å². The highest BCUT2D eigenvalue weighted by atomic mass is 16.5. The molecule has 1 amide bonds. The zero-order valence-corrected chi connectivity index (χ0v) is 14.0. The second kappa shape index (κ2) is 9.05. The Balaban J connectivity index is 2.00. The van der Waals surface area contributed by atoms with E-state index in [-0.39, 0.29) is 25.2 Å². The highest BCUT2D eigenvalue weighted by Crippen LogP contribution is 2.18. The molecule has 0 aliphatic rings. The van der Waals surface area contributed by atoms with Crippen LogP contribution in [-0.4, -0.2) is 37.9 Å². The highest BCUT2D eigenvalue weighted by Gasteiger charge is 2.14. The molecule has 24 heavy (non-hydrogen) atoms. The lowest BCUT2D eigenvalue weighted by atomic mass is 10.1. The second-order valence-corrected chi connectivity index (χ2v) is 5.43. The van der Waals surface area contributed by atoms with Crippen LogP contribution in [0.4, 0.5) is 0 Å². The summed E-state index contributed by atoms with van der Waals surface area (Å²) in [6.45, 7) is 2.50. The van der Waals surface area contributed by atoms with E-state index in [1.165, 1.54) is 0 Å². The zero-order chi connectivity index (χ0) is 17.4. The predicted octanol–water partition coefficient (Wildman–Crippen LogP) is 2.48. The van der Waals surface area contributed by atoms with Crippen LogP contribution in [0.1, 0.15) is 27.6 Å². The van der Waals surface area contributed by atoms with Crippen molar-refractivity contribution in [3.63, 3.8) is 0 Å². The molecule has 0 bridgehead atoms. The van der Waals surface area contributed by atoms with Crippen molar-refractivity contribution in [1.82, 2.24) is 5.32 Å². The topological polar surface area (TPSA) is 67.8 Å². The van der Waals surface area contributed by atoms with Gasteiger partial charge in [-0.15, -0.1) is 0 Å². The third-order valence-corrected chi connectivity index (χ3v) is 3.66. The van der Waals surface area contributed by atoms with E-state index in [0.717, 1.165) is 11.1 Å². The summed E-state index contributed by atoms with van der Waals surface area (Å²) >= 11 is 0. The van der Waals surface area contributed by atoms with Crippen LogP contribution < -0.4 is 10.1 Å². The van der Waals surface area contributed by atoms with E-state index < -0.39 is 0 Å². The number of aliphatic hydroxyl groups is 1. The summed E-state index contributed by atoms with van der Waals surface area (Å²) in [4.78, 5) is 12.3. The summed E-state index contributed by atoms with van der Waals surface area (Å²) in [5, 5.41) is 11.9. The van der Waals surface area contributed by atoms with Gasteiger partial charge < -0.3 is 19.9 Å². The first-order valence-electron chi connectivity index (χ1n) is 7.85. The number of hydrogen-bond donors (Lipinski definition) is 2. The number of benzene rings is 2. The van der Waals surface area contributed by atoms with Crippen molar-refractivity contribution in [2.45, 2.75) is 13.0 Å². The number of nitrogens with one attached hydrogen (secondary N) is 1. The minimum atomic E-state index is -0.306. The Morgan fingerprint density at radius 3 is 2.38 bits per heavy atom. The maximum atomic E-state index is 12.3. The first kappa shape index (κ1) is 18.0. The quantitative estimate of drug-likeness (QED) is 0.781. The fourth-order valence-electron chi connectivity index (χ4n) is 2.28. The van der Waals surface area contributed by atoms with Gasteiger partial charge in [0.1, 0.15) is 5.75 Å². The largest absolute Gasteiger partial charge is 0.497 e. The Morgan fingerprint density at radius 1 is 1.12 bits per heavy atom. The third-order valence-electron chi connectivity index (χ3n) is 3.66. The van der Waals surface area contributed by atoms with Gasteiger partial charge in [0.25, 0.3) is 5.91 Å². The molecule has 2 aromatic rings. The Morgan fingerprint density at radius 2 is 1.79 bits per heavy atom. The van der Waals surface area contributed by atoms with Crippen molar-refractivity contribution in [2.75, 3.05) is 26.9 Å². The molecule has 5 heteroatoms. The number of rotatable bonds is 8. The van der Waals surface area contributed by atoms with Gasteiger partial charge in [-0.25, -0.2) is 0 Å². The number of aryl methyl sites for hydroxylation is 1. The van der Waals surface area contributed by atoms with Crippen LogP contribution in [0.25, 0.3) is 0 Å². The molecule has 0 saturated heterocycles. The van der Waals surface area contributed by atoms with E-state index in [2.05, 4.69) is 5.32 Å². The molecule has 5 nitrogen and oxygen atoms in total. The summed E-state index contributed by atoms with van der Waals surface area (Å²) in [6, 6.07) is 14.8.